The fourth-order valence-corrected chi connectivity index (χ4v) is 5.95. The van der Waals surface area contributed by atoms with Gasteiger partial charge in [-0.05, 0) is 50.8 Å². The summed E-state index contributed by atoms with van der Waals surface area (Å²) < 4.78 is 33.2. The molecule has 8 nitrogen and oxygen atoms in total. The standard InChI is InChI=1S/C20H28ClN3O5S/c1-2-29-17-4-3-16(21)13-18(17)30(27,28)24-11-7-15(8-12-24)20(26)23-9-5-14(6-10-23)19(22)25/h3-4,13-15H,2,5-12H2,1H3,(H2,22,25). The van der Waals surface area contributed by atoms with Gasteiger partial charge in [0.2, 0.25) is 21.8 Å². The number of amides is 2. The smallest absolute Gasteiger partial charge is 0.246 e. The van der Waals surface area contributed by atoms with E-state index in [0.717, 1.165) is 0 Å². The van der Waals surface area contributed by atoms with Crippen molar-refractivity contribution in [3.05, 3.63) is 23.2 Å². The van der Waals surface area contributed by atoms with Crippen LogP contribution in [0.4, 0.5) is 0 Å². The number of halogens is 1. The molecule has 2 fully saturated rings. The lowest BCUT2D eigenvalue weighted by Gasteiger charge is -2.36. The molecule has 0 radical (unpaired) electrons. The van der Waals surface area contributed by atoms with Gasteiger partial charge in [-0.15, -0.1) is 0 Å². The lowest BCUT2D eigenvalue weighted by Crippen LogP contribution is -2.47. The number of nitrogens with zero attached hydrogens (tertiary/aromatic N) is 2. The molecule has 0 atom stereocenters. The van der Waals surface area contributed by atoms with Crippen LogP contribution in [0.1, 0.15) is 32.6 Å². The van der Waals surface area contributed by atoms with Gasteiger partial charge in [0.05, 0.1) is 6.61 Å². The second-order valence-electron chi connectivity index (χ2n) is 7.70. The van der Waals surface area contributed by atoms with Crippen LogP contribution in [0.5, 0.6) is 5.75 Å². The third kappa shape index (κ3) is 4.90. The third-order valence-electron chi connectivity index (χ3n) is 5.84. The Bertz CT molecular complexity index is 892. The van der Waals surface area contributed by atoms with Crippen LogP contribution in [0.15, 0.2) is 23.1 Å². The highest BCUT2D eigenvalue weighted by atomic mass is 35.5. The van der Waals surface area contributed by atoms with Crippen molar-refractivity contribution in [1.29, 1.82) is 0 Å². The molecule has 0 unspecified atom stereocenters. The minimum absolute atomic E-state index is 0.0349. The zero-order valence-corrected chi connectivity index (χ0v) is 18.6. The quantitative estimate of drug-likeness (QED) is 0.701. The van der Waals surface area contributed by atoms with Crippen molar-refractivity contribution in [3.8, 4) is 5.75 Å². The average Bonchev–Trinajstić information content (AvgIpc) is 2.74. The van der Waals surface area contributed by atoms with Gasteiger partial charge in [0.1, 0.15) is 10.6 Å². The molecule has 1 aromatic rings. The summed E-state index contributed by atoms with van der Waals surface area (Å²) in [5.41, 5.74) is 5.35. The molecule has 166 valence electrons. The van der Waals surface area contributed by atoms with E-state index >= 15 is 0 Å². The van der Waals surface area contributed by atoms with E-state index in [1.807, 2.05) is 0 Å². The van der Waals surface area contributed by atoms with Gasteiger partial charge in [0, 0.05) is 43.0 Å². The number of piperidine rings is 2. The molecule has 2 aliphatic rings. The Kier molecular flexibility index (Phi) is 7.26. The highest BCUT2D eigenvalue weighted by Crippen LogP contribution is 2.32. The van der Waals surface area contributed by atoms with Gasteiger partial charge in [0.25, 0.3) is 0 Å². The number of likely N-dealkylation sites (tertiary alicyclic amines) is 1. The molecule has 2 heterocycles. The highest BCUT2D eigenvalue weighted by molar-refractivity contribution is 7.89. The van der Waals surface area contributed by atoms with Crippen LogP contribution in [-0.4, -0.2) is 62.2 Å². The van der Waals surface area contributed by atoms with E-state index in [0.29, 0.717) is 50.4 Å². The first-order chi connectivity index (χ1) is 14.2. The summed E-state index contributed by atoms with van der Waals surface area (Å²) in [6, 6.07) is 4.56. The van der Waals surface area contributed by atoms with Crippen molar-refractivity contribution in [2.24, 2.45) is 17.6 Å². The third-order valence-corrected chi connectivity index (χ3v) is 7.99. The maximum Gasteiger partial charge on any atom is 0.246 e. The summed E-state index contributed by atoms with van der Waals surface area (Å²) in [7, 11) is -3.78. The lowest BCUT2D eigenvalue weighted by atomic mass is 9.92. The monoisotopic (exact) mass is 457 g/mol. The molecule has 0 aromatic heterocycles. The van der Waals surface area contributed by atoms with Crippen molar-refractivity contribution in [1.82, 2.24) is 9.21 Å². The molecule has 0 spiro atoms. The molecule has 2 amide bonds. The SMILES string of the molecule is CCOc1ccc(Cl)cc1S(=O)(=O)N1CCC(C(=O)N2CCC(C(N)=O)CC2)CC1. The lowest BCUT2D eigenvalue weighted by molar-refractivity contribution is -0.139. The van der Waals surface area contributed by atoms with Gasteiger partial charge in [-0.1, -0.05) is 11.6 Å². The highest BCUT2D eigenvalue weighted by Gasteiger charge is 2.36. The number of nitrogens with two attached hydrogens (primary N) is 1. The summed E-state index contributed by atoms with van der Waals surface area (Å²) in [6.45, 7) is 3.68. The predicted octanol–water partition coefficient (Wildman–Crippen LogP) is 1.86. The van der Waals surface area contributed by atoms with Crippen LogP contribution in [0, 0.1) is 11.8 Å². The van der Waals surface area contributed by atoms with E-state index in [9.17, 15) is 18.0 Å². The Morgan fingerprint density at radius 1 is 1.10 bits per heavy atom. The first-order valence-electron chi connectivity index (χ1n) is 10.2. The van der Waals surface area contributed by atoms with Gasteiger partial charge in [0.15, 0.2) is 0 Å². The summed E-state index contributed by atoms with van der Waals surface area (Å²) >= 11 is 6.02. The Morgan fingerprint density at radius 2 is 1.70 bits per heavy atom. The second-order valence-corrected chi connectivity index (χ2v) is 10.0. The van der Waals surface area contributed by atoms with Crippen molar-refractivity contribution in [2.45, 2.75) is 37.5 Å². The van der Waals surface area contributed by atoms with Gasteiger partial charge in [-0.2, -0.15) is 4.31 Å². The Labute approximate surface area is 182 Å². The van der Waals surface area contributed by atoms with E-state index in [1.165, 1.54) is 10.4 Å². The Morgan fingerprint density at radius 3 is 2.27 bits per heavy atom. The number of primary amides is 1. The molecule has 30 heavy (non-hydrogen) atoms. The molecule has 2 saturated heterocycles. The van der Waals surface area contributed by atoms with Crippen LogP contribution in [-0.2, 0) is 19.6 Å². The number of carbonyl (C=O) groups excluding carboxylic acids is 2. The van der Waals surface area contributed by atoms with E-state index < -0.39 is 10.0 Å². The van der Waals surface area contributed by atoms with Crippen LogP contribution < -0.4 is 10.5 Å². The molecule has 2 N–H and O–H groups in total. The van der Waals surface area contributed by atoms with Gasteiger partial charge in [-0.3, -0.25) is 9.59 Å². The number of carbonyl (C=O) groups is 2. The van der Waals surface area contributed by atoms with Crippen LogP contribution in [0.3, 0.4) is 0 Å². The van der Waals surface area contributed by atoms with Crippen LogP contribution in [0.2, 0.25) is 5.02 Å². The van der Waals surface area contributed by atoms with E-state index in [2.05, 4.69) is 0 Å². The van der Waals surface area contributed by atoms with E-state index in [4.69, 9.17) is 22.1 Å². The van der Waals surface area contributed by atoms with E-state index in [-0.39, 0.29) is 47.4 Å². The minimum Gasteiger partial charge on any atom is -0.492 e. The summed E-state index contributed by atoms with van der Waals surface area (Å²) in [5, 5.41) is 0.321. The largest absolute Gasteiger partial charge is 0.492 e. The maximum atomic E-state index is 13.2. The number of hydrogen-bond donors (Lipinski definition) is 1. The molecule has 0 bridgehead atoms. The molecule has 0 aliphatic carbocycles. The first-order valence-corrected chi connectivity index (χ1v) is 12.1. The summed E-state index contributed by atoms with van der Waals surface area (Å²) in [6.07, 6.45) is 2.09. The molecule has 2 aliphatic heterocycles. The molecule has 1 aromatic carbocycles. The van der Waals surface area contributed by atoms with Crippen molar-refractivity contribution in [2.75, 3.05) is 32.8 Å². The van der Waals surface area contributed by atoms with Crippen LogP contribution >= 0.6 is 11.6 Å². The van der Waals surface area contributed by atoms with Gasteiger partial charge in [-0.25, -0.2) is 8.42 Å². The zero-order chi connectivity index (χ0) is 21.9. The number of benzene rings is 1. The minimum atomic E-state index is -3.78. The molecular weight excluding hydrogens is 430 g/mol. The number of sulfonamides is 1. The molecule has 10 heteroatoms. The number of rotatable bonds is 6. The molecule has 0 saturated carbocycles. The Hall–Kier alpha value is -1.84. The molecule has 3 rings (SSSR count). The average molecular weight is 458 g/mol. The van der Waals surface area contributed by atoms with Crippen molar-refractivity contribution >= 4 is 33.4 Å². The normalized spacial score (nSPS) is 19.6. The zero-order valence-electron chi connectivity index (χ0n) is 17.0. The van der Waals surface area contributed by atoms with Gasteiger partial charge >= 0.3 is 0 Å². The topological polar surface area (TPSA) is 110 Å². The molecular formula is C20H28ClN3O5S. The van der Waals surface area contributed by atoms with Gasteiger partial charge < -0.3 is 15.4 Å². The number of ether oxygens (including phenoxy) is 1. The van der Waals surface area contributed by atoms with Crippen molar-refractivity contribution in [3.63, 3.8) is 0 Å². The van der Waals surface area contributed by atoms with Crippen LogP contribution in [0.25, 0.3) is 0 Å². The fourth-order valence-electron chi connectivity index (χ4n) is 4.08. The van der Waals surface area contributed by atoms with Crippen molar-refractivity contribution < 1.29 is 22.7 Å². The predicted molar refractivity (Wildman–Crippen MR) is 113 cm³/mol. The summed E-state index contributed by atoms with van der Waals surface area (Å²) in [5.74, 6) is -0.385. The maximum absolute atomic E-state index is 13.2. The van der Waals surface area contributed by atoms with E-state index in [1.54, 1.807) is 24.0 Å². The Balaban J connectivity index is 1.63. The fraction of sp³-hybridized carbons (Fsp3) is 0.600. The second kappa shape index (κ2) is 9.53. The first kappa shape index (κ1) is 22.8. The summed E-state index contributed by atoms with van der Waals surface area (Å²) in [4.78, 5) is 26.0. The number of hydrogen-bond acceptors (Lipinski definition) is 5.